The molecule has 258 valence electrons. The Morgan fingerprint density at radius 3 is 1.96 bits per heavy atom. The molecule has 2 heterocycles. The molecule has 1 N–H and O–H groups in total. The Balaban J connectivity index is 0.00000448. The summed E-state index contributed by atoms with van der Waals surface area (Å²) in [7, 11) is 0. The van der Waals surface area contributed by atoms with Crippen LogP contribution in [0.5, 0.6) is 17.4 Å². The maximum Gasteiger partial charge on any atom is 0.217 e. The third kappa shape index (κ3) is 7.80. The Kier molecular flexibility index (Phi) is 9.97. The van der Waals surface area contributed by atoms with Crippen LogP contribution in [0.4, 0.5) is 0 Å². The number of benzene rings is 5. The zero-order valence-corrected chi connectivity index (χ0v) is 31.9. The molecule has 0 saturated heterocycles. The molecule has 0 atom stereocenters. The molecule has 0 fully saturated rings. The summed E-state index contributed by atoms with van der Waals surface area (Å²) in [5, 5.41) is 13.2. The quantitative estimate of drug-likeness (QED) is 0.169. The minimum atomic E-state index is -0.0787. The van der Waals surface area contributed by atoms with E-state index in [4.69, 9.17) is 14.7 Å². The smallest absolute Gasteiger partial charge is 0.217 e. The Bertz CT molecular complexity index is 2300. The van der Waals surface area contributed by atoms with Crippen LogP contribution in [-0.2, 0) is 31.9 Å². The van der Waals surface area contributed by atoms with Gasteiger partial charge >= 0.3 is 0 Å². The average molecular weight is 850 g/mol. The number of aromatic hydroxyl groups is 1. The first-order chi connectivity index (χ1) is 23.9. The van der Waals surface area contributed by atoms with E-state index < -0.39 is 0 Å². The minimum Gasteiger partial charge on any atom is -0.507 e. The number of phenols is 1. The Hall–Kier alpha value is -5.12. The number of fused-ring (bicyclic) bond motifs is 1. The van der Waals surface area contributed by atoms with Crippen LogP contribution in [0.2, 0.25) is 0 Å². The fourth-order valence-electron chi connectivity index (χ4n) is 6.05. The molecule has 0 amide bonds. The Morgan fingerprint density at radius 1 is 0.608 bits per heavy atom. The number of nitrogens with zero attached hydrogens (tertiary/aromatic N) is 3. The number of aromatic nitrogens is 3. The summed E-state index contributed by atoms with van der Waals surface area (Å²) < 4.78 is 6.32. The number of rotatable bonds is 6. The predicted octanol–water partition coefficient (Wildman–Crippen LogP) is 11.6. The molecule has 6 heteroatoms. The van der Waals surface area contributed by atoms with Gasteiger partial charge in [0, 0.05) is 44.6 Å². The summed E-state index contributed by atoms with van der Waals surface area (Å²) in [4.78, 5) is 14.6. The third-order valence-electron chi connectivity index (χ3n) is 8.91. The van der Waals surface area contributed by atoms with Crippen LogP contribution >= 0.6 is 0 Å². The van der Waals surface area contributed by atoms with Gasteiger partial charge in [0.2, 0.25) is 5.88 Å². The van der Waals surface area contributed by atoms with E-state index >= 15 is 0 Å². The van der Waals surface area contributed by atoms with Crippen molar-refractivity contribution in [2.24, 2.45) is 0 Å². The molecule has 0 spiro atoms. The van der Waals surface area contributed by atoms with Gasteiger partial charge in [-0.05, 0) is 74.3 Å². The SMILES string of the molecule is CC(C)(C)c1cc(-c2cc(-c3[c-]c(Oc4ccccn4)cc(-c4cccc5ccccc45)c3)nc(-c3ccccc3O)n2)cc(C(C)(C)C)c1.[Pt]. The van der Waals surface area contributed by atoms with E-state index in [1.54, 1.807) is 18.3 Å². The van der Waals surface area contributed by atoms with Gasteiger partial charge in [-0.25, -0.2) is 9.97 Å². The van der Waals surface area contributed by atoms with E-state index in [0.717, 1.165) is 38.7 Å². The normalized spacial score (nSPS) is 11.6. The van der Waals surface area contributed by atoms with Crippen LogP contribution in [0.25, 0.3) is 55.8 Å². The summed E-state index contributed by atoms with van der Waals surface area (Å²) in [6, 6.07) is 43.8. The maximum absolute atomic E-state index is 11.0. The zero-order chi connectivity index (χ0) is 35.0. The summed E-state index contributed by atoms with van der Waals surface area (Å²) >= 11 is 0. The Labute approximate surface area is 314 Å². The molecule has 0 aliphatic carbocycles. The van der Waals surface area contributed by atoms with Gasteiger partial charge in [-0.3, -0.25) is 4.98 Å². The van der Waals surface area contributed by atoms with E-state index in [-0.39, 0.29) is 37.6 Å². The second-order valence-corrected chi connectivity index (χ2v) is 14.7. The molecular formula is C45H40N3O2Pt-. The molecule has 0 unspecified atom stereocenters. The van der Waals surface area contributed by atoms with E-state index in [9.17, 15) is 5.11 Å². The maximum atomic E-state index is 11.0. The molecular weight excluding hydrogens is 810 g/mol. The first-order valence-corrected chi connectivity index (χ1v) is 16.9. The summed E-state index contributed by atoms with van der Waals surface area (Å²) in [5.74, 6) is 1.52. The zero-order valence-electron chi connectivity index (χ0n) is 29.6. The fourth-order valence-corrected chi connectivity index (χ4v) is 6.05. The van der Waals surface area contributed by atoms with Crippen LogP contribution in [-0.4, -0.2) is 20.1 Å². The molecule has 0 bridgehead atoms. The van der Waals surface area contributed by atoms with Crippen LogP contribution in [0, 0.1) is 6.07 Å². The molecule has 51 heavy (non-hydrogen) atoms. The number of hydrogen-bond donors (Lipinski definition) is 1. The van der Waals surface area contributed by atoms with Crippen molar-refractivity contribution >= 4 is 10.8 Å². The van der Waals surface area contributed by atoms with E-state index in [1.165, 1.54) is 11.1 Å². The molecule has 5 nitrogen and oxygen atoms in total. The van der Waals surface area contributed by atoms with Gasteiger partial charge in [0.25, 0.3) is 0 Å². The van der Waals surface area contributed by atoms with E-state index in [1.807, 2.05) is 42.5 Å². The number of phenolic OH excluding ortho intramolecular Hbond substituents is 1. The van der Waals surface area contributed by atoms with Crippen molar-refractivity contribution in [1.29, 1.82) is 0 Å². The van der Waals surface area contributed by atoms with Crippen molar-refractivity contribution in [3.63, 3.8) is 0 Å². The molecule has 0 aliphatic heterocycles. The first kappa shape index (κ1) is 35.7. The summed E-state index contributed by atoms with van der Waals surface area (Å²) in [6.45, 7) is 13.4. The van der Waals surface area contributed by atoms with Crippen molar-refractivity contribution in [3.8, 4) is 62.4 Å². The van der Waals surface area contributed by atoms with Crippen LogP contribution < -0.4 is 4.74 Å². The molecule has 2 aromatic heterocycles. The van der Waals surface area contributed by atoms with Crippen molar-refractivity contribution < 1.29 is 30.9 Å². The number of hydrogen-bond acceptors (Lipinski definition) is 5. The van der Waals surface area contributed by atoms with Crippen molar-refractivity contribution in [2.45, 2.75) is 52.4 Å². The van der Waals surface area contributed by atoms with Gasteiger partial charge in [-0.2, -0.15) is 0 Å². The van der Waals surface area contributed by atoms with Crippen molar-refractivity contribution in [2.75, 3.05) is 0 Å². The van der Waals surface area contributed by atoms with Crippen LogP contribution in [0.1, 0.15) is 52.7 Å². The molecule has 7 aromatic rings. The fraction of sp³-hybridized carbons (Fsp3) is 0.178. The average Bonchev–Trinajstić information content (AvgIpc) is 3.11. The monoisotopic (exact) mass is 849 g/mol. The number of para-hydroxylation sites is 1. The molecule has 0 aliphatic rings. The van der Waals surface area contributed by atoms with Crippen molar-refractivity contribution in [1.82, 2.24) is 15.0 Å². The number of pyridine rings is 1. The van der Waals surface area contributed by atoms with Gasteiger partial charge in [-0.1, -0.05) is 132 Å². The van der Waals surface area contributed by atoms with E-state index in [2.05, 4.69) is 119 Å². The second-order valence-electron chi connectivity index (χ2n) is 14.7. The summed E-state index contributed by atoms with van der Waals surface area (Å²) in [5.41, 5.74) is 7.97. The van der Waals surface area contributed by atoms with Gasteiger partial charge in [0.05, 0.1) is 11.3 Å². The third-order valence-corrected chi connectivity index (χ3v) is 8.91. The molecule has 7 rings (SSSR count). The summed E-state index contributed by atoms with van der Waals surface area (Å²) in [6.07, 6.45) is 1.71. The standard InChI is InChI=1S/C45H40N3O2.Pt/c1-44(2,3)33-23-32(24-34(27-33)45(4,5)6)40-28-39(47-43(48-40)38-17-9-10-19-41(38)49)31-22-30(25-35(26-31)50-42-20-11-12-21-46-42)37-18-13-15-29-14-7-8-16-36(29)37;/h7-25,27-28,49H,1-6H3;/q-1;. The van der Waals surface area contributed by atoms with Crippen molar-refractivity contribution in [3.05, 3.63) is 145 Å². The van der Waals surface area contributed by atoms with Crippen LogP contribution in [0.15, 0.2) is 128 Å². The van der Waals surface area contributed by atoms with Gasteiger partial charge in [0.15, 0.2) is 5.82 Å². The molecule has 0 saturated carbocycles. The Morgan fingerprint density at radius 2 is 1.25 bits per heavy atom. The second kappa shape index (κ2) is 14.2. The minimum absolute atomic E-state index is 0. The van der Waals surface area contributed by atoms with Gasteiger partial charge in [-0.15, -0.1) is 11.6 Å². The molecule has 5 aromatic carbocycles. The van der Waals surface area contributed by atoms with Gasteiger partial charge in [0.1, 0.15) is 5.75 Å². The van der Waals surface area contributed by atoms with E-state index in [0.29, 0.717) is 28.7 Å². The van der Waals surface area contributed by atoms with Gasteiger partial charge < -0.3 is 9.84 Å². The molecule has 0 radical (unpaired) electrons. The first-order valence-electron chi connectivity index (χ1n) is 16.9. The topological polar surface area (TPSA) is 68.1 Å². The largest absolute Gasteiger partial charge is 0.507 e. The predicted molar refractivity (Wildman–Crippen MR) is 203 cm³/mol. The number of ether oxygens (including phenoxy) is 1. The van der Waals surface area contributed by atoms with Crippen LogP contribution in [0.3, 0.4) is 0 Å².